The Morgan fingerprint density at radius 2 is 2.05 bits per heavy atom. The molecule has 0 aliphatic rings. The number of ether oxygens (including phenoxy) is 1. The molecular formula is C14H15BrN2OS. The maximum atomic E-state index is 5.89. The molecule has 0 spiro atoms. The zero-order valence-corrected chi connectivity index (χ0v) is 13.2. The topological polar surface area (TPSA) is 48.1 Å². The van der Waals surface area contributed by atoms with Gasteiger partial charge < -0.3 is 10.5 Å². The van der Waals surface area contributed by atoms with Gasteiger partial charge in [-0.05, 0) is 60.1 Å². The first kappa shape index (κ1) is 14.2. The van der Waals surface area contributed by atoms with Gasteiger partial charge in [-0.1, -0.05) is 11.8 Å². The Bertz CT molecular complexity index is 558. The van der Waals surface area contributed by atoms with E-state index in [1.165, 1.54) is 0 Å². The lowest BCUT2D eigenvalue weighted by Crippen LogP contribution is -2.07. The number of rotatable bonds is 4. The zero-order valence-electron chi connectivity index (χ0n) is 10.8. The van der Waals surface area contributed by atoms with Gasteiger partial charge in [0.25, 0.3) is 0 Å². The van der Waals surface area contributed by atoms with E-state index >= 15 is 0 Å². The molecule has 0 saturated heterocycles. The third-order valence-electron chi connectivity index (χ3n) is 2.27. The number of anilines is 1. The highest BCUT2D eigenvalue weighted by molar-refractivity contribution is 9.10. The molecule has 1 aromatic carbocycles. The summed E-state index contributed by atoms with van der Waals surface area (Å²) in [5.41, 5.74) is 6.55. The molecule has 2 aromatic rings. The van der Waals surface area contributed by atoms with Gasteiger partial charge in [-0.2, -0.15) is 0 Å². The summed E-state index contributed by atoms with van der Waals surface area (Å²) >= 11 is 4.95. The highest BCUT2D eigenvalue weighted by Gasteiger charge is 2.06. The number of halogens is 1. The van der Waals surface area contributed by atoms with E-state index in [4.69, 9.17) is 10.5 Å². The van der Waals surface area contributed by atoms with Crippen molar-refractivity contribution in [3.63, 3.8) is 0 Å². The highest BCUT2D eigenvalue weighted by atomic mass is 79.9. The van der Waals surface area contributed by atoms with E-state index < -0.39 is 0 Å². The van der Waals surface area contributed by atoms with E-state index in [1.54, 1.807) is 18.0 Å². The largest absolute Gasteiger partial charge is 0.489 e. The SMILES string of the molecule is CC(C)Oc1cc(Sc2ccc(Br)cn2)ccc1N. The Morgan fingerprint density at radius 1 is 1.26 bits per heavy atom. The minimum absolute atomic E-state index is 0.105. The molecule has 0 radical (unpaired) electrons. The molecule has 2 N–H and O–H groups in total. The lowest BCUT2D eigenvalue weighted by atomic mass is 10.3. The average molecular weight is 339 g/mol. The van der Waals surface area contributed by atoms with Crippen molar-refractivity contribution in [2.24, 2.45) is 0 Å². The van der Waals surface area contributed by atoms with E-state index in [2.05, 4.69) is 20.9 Å². The number of pyridine rings is 1. The Labute approximate surface area is 125 Å². The smallest absolute Gasteiger partial charge is 0.143 e. The summed E-state index contributed by atoms with van der Waals surface area (Å²) in [4.78, 5) is 5.39. The van der Waals surface area contributed by atoms with Crippen LogP contribution in [-0.4, -0.2) is 11.1 Å². The molecule has 3 nitrogen and oxygen atoms in total. The fraction of sp³-hybridized carbons (Fsp3) is 0.214. The summed E-state index contributed by atoms with van der Waals surface area (Å²) in [6.45, 7) is 3.96. The van der Waals surface area contributed by atoms with Gasteiger partial charge in [-0.3, -0.25) is 0 Å². The van der Waals surface area contributed by atoms with Crippen molar-refractivity contribution < 1.29 is 4.74 Å². The molecule has 0 amide bonds. The summed E-state index contributed by atoms with van der Waals surface area (Å²) in [5, 5.41) is 0.934. The van der Waals surface area contributed by atoms with E-state index in [0.717, 1.165) is 20.1 Å². The Hall–Kier alpha value is -1.20. The minimum atomic E-state index is 0.105. The Morgan fingerprint density at radius 3 is 2.68 bits per heavy atom. The van der Waals surface area contributed by atoms with Gasteiger partial charge in [-0.25, -0.2) is 4.98 Å². The van der Waals surface area contributed by atoms with E-state index in [0.29, 0.717) is 5.69 Å². The Balaban J connectivity index is 2.18. The molecule has 2 rings (SSSR count). The van der Waals surface area contributed by atoms with Crippen molar-refractivity contribution >= 4 is 33.4 Å². The first-order valence-corrected chi connectivity index (χ1v) is 7.51. The molecule has 0 bridgehead atoms. The van der Waals surface area contributed by atoms with Crippen LogP contribution in [0.1, 0.15) is 13.8 Å². The molecule has 19 heavy (non-hydrogen) atoms. The predicted octanol–water partition coefficient (Wildman–Crippen LogP) is 4.36. The lowest BCUT2D eigenvalue weighted by molar-refractivity contribution is 0.243. The average Bonchev–Trinajstić information content (AvgIpc) is 2.36. The second kappa shape index (κ2) is 6.30. The molecule has 0 aliphatic carbocycles. The number of nitrogens with two attached hydrogens (primary N) is 1. The monoisotopic (exact) mass is 338 g/mol. The number of nitrogen functional groups attached to an aromatic ring is 1. The maximum absolute atomic E-state index is 5.89. The number of hydrogen-bond donors (Lipinski definition) is 1. The summed E-state index contributed by atoms with van der Waals surface area (Å²) in [7, 11) is 0. The molecule has 1 heterocycles. The second-order valence-electron chi connectivity index (χ2n) is 4.28. The van der Waals surface area contributed by atoms with Crippen LogP contribution in [0.3, 0.4) is 0 Å². The molecule has 0 aliphatic heterocycles. The van der Waals surface area contributed by atoms with Crippen molar-refractivity contribution in [1.82, 2.24) is 4.98 Å². The normalized spacial score (nSPS) is 10.7. The zero-order chi connectivity index (χ0) is 13.8. The number of aromatic nitrogens is 1. The predicted molar refractivity (Wildman–Crippen MR) is 82.7 cm³/mol. The fourth-order valence-electron chi connectivity index (χ4n) is 1.48. The van der Waals surface area contributed by atoms with Gasteiger partial charge in [0.1, 0.15) is 10.8 Å². The van der Waals surface area contributed by atoms with Gasteiger partial charge in [0.15, 0.2) is 0 Å². The van der Waals surface area contributed by atoms with Gasteiger partial charge in [-0.15, -0.1) is 0 Å². The van der Waals surface area contributed by atoms with Gasteiger partial charge in [0.05, 0.1) is 11.8 Å². The lowest BCUT2D eigenvalue weighted by Gasteiger charge is -2.13. The third kappa shape index (κ3) is 4.14. The summed E-state index contributed by atoms with van der Waals surface area (Å²) < 4.78 is 6.65. The van der Waals surface area contributed by atoms with Gasteiger partial charge in [0.2, 0.25) is 0 Å². The second-order valence-corrected chi connectivity index (χ2v) is 6.29. The first-order chi connectivity index (χ1) is 9.04. The minimum Gasteiger partial charge on any atom is -0.489 e. The number of hydrogen-bond acceptors (Lipinski definition) is 4. The Kier molecular flexibility index (Phi) is 4.71. The summed E-state index contributed by atoms with van der Waals surface area (Å²) in [5.74, 6) is 0.720. The molecule has 5 heteroatoms. The number of nitrogens with zero attached hydrogens (tertiary/aromatic N) is 1. The molecule has 0 saturated carbocycles. The van der Waals surface area contributed by atoms with Crippen LogP contribution in [0.2, 0.25) is 0 Å². The molecule has 100 valence electrons. The van der Waals surface area contributed by atoms with Crippen LogP contribution >= 0.6 is 27.7 Å². The van der Waals surface area contributed by atoms with Crippen molar-refractivity contribution in [3.05, 3.63) is 41.0 Å². The highest BCUT2D eigenvalue weighted by Crippen LogP contribution is 2.32. The standard InChI is InChI=1S/C14H15BrN2OS/c1-9(2)18-13-7-11(4-5-12(13)16)19-14-6-3-10(15)8-17-14/h3-9H,16H2,1-2H3. The molecule has 0 unspecified atom stereocenters. The quantitative estimate of drug-likeness (QED) is 0.841. The van der Waals surface area contributed by atoms with Crippen LogP contribution in [0, 0.1) is 0 Å². The fourth-order valence-corrected chi connectivity index (χ4v) is 2.50. The third-order valence-corrected chi connectivity index (χ3v) is 3.68. The van der Waals surface area contributed by atoms with Crippen LogP contribution in [0.25, 0.3) is 0 Å². The van der Waals surface area contributed by atoms with Crippen molar-refractivity contribution in [2.45, 2.75) is 29.9 Å². The van der Waals surface area contributed by atoms with E-state index in [-0.39, 0.29) is 6.10 Å². The molecular weight excluding hydrogens is 324 g/mol. The van der Waals surface area contributed by atoms with Crippen LogP contribution in [0.5, 0.6) is 5.75 Å². The van der Waals surface area contributed by atoms with E-state index in [1.807, 2.05) is 44.2 Å². The van der Waals surface area contributed by atoms with Crippen LogP contribution in [0.15, 0.2) is 50.9 Å². The van der Waals surface area contributed by atoms with Crippen molar-refractivity contribution in [2.75, 3.05) is 5.73 Å². The van der Waals surface area contributed by atoms with Gasteiger partial charge in [0, 0.05) is 15.6 Å². The van der Waals surface area contributed by atoms with Crippen molar-refractivity contribution in [1.29, 1.82) is 0 Å². The van der Waals surface area contributed by atoms with Crippen LogP contribution in [0.4, 0.5) is 5.69 Å². The number of benzene rings is 1. The van der Waals surface area contributed by atoms with E-state index in [9.17, 15) is 0 Å². The van der Waals surface area contributed by atoms with Crippen molar-refractivity contribution in [3.8, 4) is 5.75 Å². The molecule has 1 aromatic heterocycles. The first-order valence-electron chi connectivity index (χ1n) is 5.90. The van der Waals surface area contributed by atoms with Crippen LogP contribution < -0.4 is 10.5 Å². The maximum Gasteiger partial charge on any atom is 0.143 e. The van der Waals surface area contributed by atoms with Gasteiger partial charge >= 0.3 is 0 Å². The van der Waals surface area contributed by atoms with Crippen LogP contribution in [-0.2, 0) is 0 Å². The molecule has 0 atom stereocenters. The summed E-state index contributed by atoms with van der Waals surface area (Å²) in [6.07, 6.45) is 1.89. The molecule has 0 fully saturated rings. The summed E-state index contributed by atoms with van der Waals surface area (Å²) in [6, 6.07) is 9.71.